The number of unbranched alkanes of at least 4 members (excludes halogenated alkanes) is 2. The molecule has 0 spiro atoms. The summed E-state index contributed by atoms with van der Waals surface area (Å²) >= 11 is 1.92. The zero-order valence-corrected chi connectivity index (χ0v) is 21.5. The molecule has 34 heavy (non-hydrogen) atoms. The van der Waals surface area contributed by atoms with Gasteiger partial charge in [0.05, 0.1) is 16.9 Å². The first kappa shape index (κ1) is 24.4. The van der Waals surface area contributed by atoms with Gasteiger partial charge < -0.3 is 0 Å². The quantitative estimate of drug-likeness (QED) is 0.163. The highest BCUT2D eigenvalue weighted by Gasteiger charge is 2.13. The SMILES string of the molecule is CCCCSc1cc(-c2cc(CCCC)c3cccnc3c2)ncc1-c1cc(CCC)ccn1. The van der Waals surface area contributed by atoms with E-state index < -0.39 is 0 Å². The number of fused-ring (bicyclic) bond motifs is 1. The van der Waals surface area contributed by atoms with E-state index in [1.807, 2.05) is 36.4 Å². The van der Waals surface area contributed by atoms with Crippen molar-refractivity contribution in [1.29, 1.82) is 0 Å². The first-order valence-electron chi connectivity index (χ1n) is 12.7. The van der Waals surface area contributed by atoms with Crippen molar-refractivity contribution < 1.29 is 0 Å². The summed E-state index contributed by atoms with van der Waals surface area (Å²) in [6, 6.07) is 15.3. The Bertz CT molecular complexity index is 1230. The van der Waals surface area contributed by atoms with Crippen LogP contribution >= 0.6 is 11.8 Å². The number of thioether (sulfide) groups is 1. The molecule has 0 N–H and O–H groups in total. The Labute approximate surface area is 208 Å². The number of nitrogens with zero attached hydrogens (tertiary/aromatic N) is 3. The lowest BCUT2D eigenvalue weighted by Crippen LogP contribution is -1.95. The van der Waals surface area contributed by atoms with Crippen LogP contribution in [0.4, 0.5) is 0 Å². The second-order valence-electron chi connectivity index (χ2n) is 8.88. The number of aromatic nitrogens is 3. The Hall–Kier alpha value is -2.72. The van der Waals surface area contributed by atoms with Crippen LogP contribution < -0.4 is 0 Å². The normalized spacial score (nSPS) is 11.3. The van der Waals surface area contributed by atoms with Crippen molar-refractivity contribution in [3.63, 3.8) is 0 Å². The van der Waals surface area contributed by atoms with Crippen molar-refractivity contribution >= 4 is 22.7 Å². The van der Waals surface area contributed by atoms with E-state index in [1.165, 1.54) is 47.1 Å². The molecule has 0 aliphatic carbocycles. The highest BCUT2D eigenvalue weighted by Crippen LogP contribution is 2.35. The van der Waals surface area contributed by atoms with Crippen molar-refractivity contribution in [2.75, 3.05) is 5.75 Å². The Balaban J connectivity index is 1.78. The van der Waals surface area contributed by atoms with E-state index >= 15 is 0 Å². The Morgan fingerprint density at radius 3 is 2.47 bits per heavy atom. The van der Waals surface area contributed by atoms with Crippen LogP contribution in [-0.2, 0) is 12.8 Å². The minimum Gasteiger partial charge on any atom is -0.256 e. The fourth-order valence-corrected chi connectivity index (χ4v) is 5.44. The zero-order chi connectivity index (χ0) is 23.8. The molecule has 4 aromatic rings. The fourth-order valence-electron chi connectivity index (χ4n) is 4.28. The highest BCUT2D eigenvalue weighted by atomic mass is 32.2. The minimum absolute atomic E-state index is 1.01. The fraction of sp³-hybridized carbons (Fsp3) is 0.367. The monoisotopic (exact) mass is 469 g/mol. The summed E-state index contributed by atoms with van der Waals surface area (Å²) in [5, 5.41) is 1.26. The van der Waals surface area contributed by atoms with E-state index in [9.17, 15) is 0 Å². The number of hydrogen-bond acceptors (Lipinski definition) is 4. The minimum atomic E-state index is 1.01. The average Bonchev–Trinajstić information content (AvgIpc) is 2.87. The summed E-state index contributed by atoms with van der Waals surface area (Å²) in [4.78, 5) is 15.6. The van der Waals surface area contributed by atoms with Crippen molar-refractivity contribution in [2.24, 2.45) is 0 Å². The van der Waals surface area contributed by atoms with Crippen molar-refractivity contribution in [2.45, 2.75) is 70.6 Å². The smallest absolute Gasteiger partial charge is 0.0731 e. The lowest BCUT2D eigenvalue weighted by molar-refractivity contribution is 0.799. The molecule has 4 rings (SSSR count). The van der Waals surface area contributed by atoms with Crippen molar-refractivity contribution in [1.82, 2.24) is 15.0 Å². The number of pyridine rings is 3. The van der Waals surface area contributed by atoms with Gasteiger partial charge in [-0.3, -0.25) is 15.0 Å². The maximum Gasteiger partial charge on any atom is 0.0731 e. The first-order valence-corrected chi connectivity index (χ1v) is 13.7. The second-order valence-corrected chi connectivity index (χ2v) is 10.0. The Morgan fingerprint density at radius 2 is 1.65 bits per heavy atom. The van der Waals surface area contributed by atoms with E-state index in [0.717, 1.165) is 53.0 Å². The van der Waals surface area contributed by atoms with Gasteiger partial charge in [-0.25, -0.2) is 0 Å². The van der Waals surface area contributed by atoms with Gasteiger partial charge in [-0.2, -0.15) is 0 Å². The molecule has 0 saturated carbocycles. The lowest BCUT2D eigenvalue weighted by atomic mass is 9.98. The number of rotatable bonds is 11. The summed E-state index contributed by atoms with van der Waals surface area (Å²) in [5.74, 6) is 1.10. The average molecular weight is 470 g/mol. The molecule has 3 heterocycles. The molecule has 1 aromatic carbocycles. The van der Waals surface area contributed by atoms with Gasteiger partial charge in [0.2, 0.25) is 0 Å². The largest absolute Gasteiger partial charge is 0.256 e. The van der Waals surface area contributed by atoms with Crippen LogP contribution in [0.2, 0.25) is 0 Å². The first-order chi connectivity index (χ1) is 16.7. The maximum absolute atomic E-state index is 4.94. The van der Waals surface area contributed by atoms with Gasteiger partial charge >= 0.3 is 0 Å². The number of hydrogen-bond donors (Lipinski definition) is 0. The van der Waals surface area contributed by atoms with Crippen LogP contribution in [0.3, 0.4) is 0 Å². The maximum atomic E-state index is 4.94. The molecule has 0 radical (unpaired) electrons. The van der Waals surface area contributed by atoms with Gasteiger partial charge in [0.1, 0.15) is 0 Å². The topological polar surface area (TPSA) is 38.7 Å². The second kappa shape index (κ2) is 12.1. The molecule has 0 aliphatic rings. The molecule has 0 fully saturated rings. The van der Waals surface area contributed by atoms with Crippen molar-refractivity contribution in [3.8, 4) is 22.5 Å². The van der Waals surface area contributed by atoms with Gasteiger partial charge in [0.15, 0.2) is 0 Å². The molecule has 0 saturated heterocycles. The van der Waals surface area contributed by atoms with Crippen molar-refractivity contribution in [3.05, 3.63) is 72.2 Å². The molecular weight excluding hydrogens is 434 g/mol. The van der Waals surface area contributed by atoms with Gasteiger partial charge in [-0.15, -0.1) is 11.8 Å². The Morgan fingerprint density at radius 1 is 0.765 bits per heavy atom. The van der Waals surface area contributed by atoms with Gasteiger partial charge in [-0.05, 0) is 79.0 Å². The summed E-state index contributed by atoms with van der Waals surface area (Å²) in [5.41, 5.74) is 8.06. The van der Waals surface area contributed by atoms with Crippen LogP contribution in [0.25, 0.3) is 33.4 Å². The van der Waals surface area contributed by atoms with E-state index in [4.69, 9.17) is 9.97 Å². The molecular formula is C30H35N3S. The van der Waals surface area contributed by atoms with Crippen LogP contribution in [0.15, 0.2) is 66.0 Å². The number of benzene rings is 1. The molecule has 0 unspecified atom stereocenters. The summed E-state index contributed by atoms with van der Waals surface area (Å²) in [7, 11) is 0. The van der Waals surface area contributed by atoms with Gasteiger partial charge in [-0.1, -0.05) is 46.1 Å². The van der Waals surface area contributed by atoms with Crippen LogP contribution in [0.1, 0.15) is 64.0 Å². The van der Waals surface area contributed by atoms with E-state index in [-0.39, 0.29) is 0 Å². The van der Waals surface area contributed by atoms with Crippen LogP contribution in [0.5, 0.6) is 0 Å². The predicted molar refractivity (Wildman–Crippen MR) is 146 cm³/mol. The molecule has 0 amide bonds. The van der Waals surface area contributed by atoms with E-state index in [0.29, 0.717) is 0 Å². The summed E-state index contributed by atoms with van der Waals surface area (Å²) in [6.07, 6.45) is 13.9. The third kappa shape index (κ3) is 5.85. The number of aryl methyl sites for hydroxylation is 2. The molecule has 3 aromatic heterocycles. The third-order valence-corrected chi connectivity index (χ3v) is 7.30. The highest BCUT2D eigenvalue weighted by molar-refractivity contribution is 7.99. The Kier molecular flexibility index (Phi) is 8.70. The van der Waals surface area contributed by atoms with Crippen LogP contribution in [0, 0.1) is 0 Å². The van der Waals surface area contributed by atoms with Crippen LogP contribution in [-0.4, -0.2) is 20.7 Å². The van der Waals surface area contributed by atoms with E-state index in [2.05, 4.69) is 62.2 Å². The summed E-state index contributed by atoms with van der Waals surface area (Å²) in [6.45, 7) is 6.71. The standard InChI is InChI=1S/C30H35N3S/c1-4-7-11-23-18-24(19-29-25(23)12-9-14-31-29)27-20-30(34-16-8-5-2)26(21-33-27)28-17-22(10-6-3)13-15-32-28/h9,12-15,17-21H,4-8,10-11,16H2,1-3H3. The van der Waals surface area contributed by atoms with Gasteiger partial charge in [0, 0.05) is 40.0 Å². The molecule has 0 bridgehead atoms. The van der Waals surface area contributed by atoms with E-state index in [1.54, 1.807) is 0 Å². The molecule has 0 aliphatic heterocycles. The predicted octanol–water partition coefficient (Wildman–Crippen LogP) is 8.55. The van der Waals surface area contributed by atoms with Gasteiger partial charge in [0.25, 0.3) is 0 Å². The third-order valence-electron chi connectivity index (χ3n) is 6.16. The molecule has 176 valence electrons. The summed E-state index contributed by atoms with van der Waals surface area (Å²) < 4.78 is 0. The zero-order valence-electron chi connectivity index (χ0n) is 20.7. The molecule has 4 heteroatoms. The molecule has 0 atom stereocenters. The molecule has 3 nitrogen and oxygen atoms in total. The lowest BCUT2D eigenvalue weighted by Gasteiger charge is -2.13.